The zero-order chi connectivity index (χ0) is 19.3. The highest BCUT2D eigenvalue weighted by Crippen LogP contribution is 2.38. The molecule has 0 heterocycles. The molecule has 0 atom stereocenters. The van der Waals surface area contributed by atoms with Gasteiger partial charge in [-0.1, -0.05) is 23.7 Å². The fourth-order valence-corrected chi connectivity index (χ4v) is 2.57. The number of hydrogen-bond donors (Lipinski definition) is 0. The molecule has 0 aliphatic rings. The van der Waals surface area contributed by atoms with Crippen molar-refractivity contribution in [2.45, 2.75) is 20.0 Å². The lowest BCUT2D eigenvalue weighted by Gasteiger charge is -2.15. The molecule has 0 N–H and O–H groups in total. The van der Waals surface area contributed by atoms with Crippen LogP contribution in [-0.4, -0.2) is 18.1 Å². The Morgan fingerprint density at radius 1 is 1.35 bits per heavy atom. The van der Waals surface area contributed by atoms with Crippen LogP contribution >= 0.6 is 11.6 Å². The van der Waals surface area contributed by atoms with Crippen LogP contribution in [0.2, 0.25) is 5.02 Å². The van der Waals surface area contributed by atoms with Gasteiger partial charge in [0.2, 0.25) is 0 Å². The van der Waals surface area contributed by atoms with Crippen molar-refractivity contribution in [1.82, 2.24) is 0 Å². The van der Waals surface area contributed by atoms with Crippen LogP contribution in [0.1, 0.15) is 25.0 Å². The van der Waals surface area contributed by atoms with Crippen molar-refractivity contribution in [3.05, 3.63) is 62.7 Å². The molecule has 6 nitrogen and oxygen atoms in total. The van der Waals surface area contributed by atoms with Gasteiger partial charge < -0.3 is 9.47 Å². The van der Waals surface area contributed by atoms with Gasteiger partial charge >= 0.3 is 0 Å². The predicted molar refractivity (Wildman–Crippen MR) is 100 cm³/mol. The minimum atomic E-state index is -0.504. The minimum Gasteiger partial charge on any atom is -0.493 e. The molecule has 0 amide bonds. The van der Waals surface area contributed by atoms with Gasteiger partial charge in [0.1, 0.15) is 0 Å². The Labute approximate surface area is 156 Å². The van der Waals surface area contributed by atoms with E-state index in [1.54, 1.807) is 24.3 Å². The average molecular weight is 373 g/mol. The van der Waals surface area contributed by atoms with Gasteiger partial charge in [0.15, 0.2) is 11.5 Å². The molecule has 0 bridgehead atoms. The van der Waals surface area contributed by atoms with Crippen molar-refractivity contribution in [1.29, 1.82) is 5.26 Å². The molecule has 2 aromatic carbocycles. The Morgan fingerprint density at radius 2 is 2.08 bits per heavy atom. The number of nitriles is 1. The number of nitro benzene ring substituents is 1. The molecule has 0 saturated carbocycles. The summed E-state index contributed by atoms with van der Waals surface area (Å²) < 4.78 is 11.0. The van der Waals surface area contributed by atoms with E-state index in [0.29, 0.717) is 27.6 Å². The summed E-state index contributed by atoms with van der Waals surface area (Å²) in [7, 11) is 1.50. The minimum absolute atomic E-state index is 0.0812. The number of benzene rings is 2. The van der Waals surface area contributed by atoms with Crippen LogP contribution < -0.4 is 9.47 Å². The third-order valence-corrected chi connectivity index (χ3v) is 3.69. The maximum atomic E-state index is 10.9. The van der Waals surface area contributed by atoms with Crippen molar-refractivity contribution < 1.29 is 14.4 Å². The molecule has 2 aromatic rings. The molecule has 0 radical (unpaired) electrons. The largest absolute Gasteiger partial charge is 0.493 e. The molecule has 134 valence electrons. The second-order valence-electron chi connectivity index (χ2n) is 5.68. The summed E-state index contributed by atoms with van der Waals surface area (Å²) in [5.41, 5.74) is 1.25. The summed E-state index contributed by atoms with van der Waals surface area (Å²) in [6.07, 6.45) is 1.51. The van der Waals surface area contributed by atoms with E-state index < -0.39 is 4.92 Å². The fourth-order valence-electron chi connectivity index (χ4n) is 2.31. The van der Waals surface area contributed by atoms with E-state index in [0.717, 1.165) is 0 Å². The van der Waals surface area contributed by atoms with Gasteiger partial charge in [0.05, 0.1) is 34.8 Å². The molecule has 0 fully saturated rings. The summed E-state index contributed by atoms with van der Waals surface area (Å²) in [5.74, 6) is 0.865. The first-order valence-electron chi connectivity index (χ1n) is 7.76. The number of hydrogen-bond acceptors (Lipinski definition) is 5. The van der Waals surface area contributed by atoms with E-state index >= 15 is 0 Å². The predicted octanol–water partition coefficient (Wildman–Crippen LogP) is 5.11. The number of halogens is 1. The standard InChI is InChI=1S/C19H17ClN2O4/c1-12(2)26-19-17(20)8-13(9-18(19)25-3)7-15(11-21)14-5-4-6-16(10-14)22(23)24/h4-10,12H,1-3H3/b15-7-. The lowest BCUT2D eigenvalue weighted by Crippen LogP contribution is -2.07. The van der Waals surface area contributed by atoms with Crippen LogP contribution in [0.3, 0.4) is 0 Å². The summed E-state index contributed by atoms with van der Waals surface area (Å²) in [5, 5.41) is 20.7. The van der Waals surface area contributed by atoms with Crippen LogP contribution in [0, 0.1) is 21.4 Å². The molecule has 0 aromatic heterocycles. The summed E-state index contributed by atoms with van der Waals surface area (Å²) in [6.45, 7) is 3.75. The Kier molecular flexibility index (Phi) is 6.21. The average Bonchev–Trinajstić information content (AvgIpc) is 2.61. The number of non-ortho nitro benzene ring substituents is 1. The van der Waals surface area contributed by atoms with Crippen LogP contribution in [0.25, 0.3) is 11.6 Å². The van der Waals surface area contributed by atoms with Gasteiger partial charge in [-0.05, 0) is 43.2 Å². The fraction of sp³-hybridized carbons (Fsp3) is 0.211. The van der Waals surface area contributed by atoms with Crippen LogP contribution in [0.5, 0.6) is 11.5 Å². The van der Waals surface area contributed by atoms with Crippen LogP contribution in [0.4, 0.5) is 5.69 Å². The lowest BCUT2D eigenvalue weighted by molar-refractivity contribution is -0.384. The zero-order valence-corrected chi connectivity index (χ0v) is 15.3. The molecular formula is C19H17ClN2O4. The second-order valence-corrected chi connectivity index (χ2v) is 6.09. The highest BCUT2D eigenvalue weighted by molar-refractivity contribution is 6.32. The number of ether oxygens (including phenoxy) is 2. The normalized spacial score (nSPS) is 11.2. The number of nitrogens with zero attached hydrogens (tertiary/aromatic N) is 2. The van der Waals surface area contributed by atoms with Gasteiger partial charge in [0.25, 0.3) is 5.69 Å². The summed E-state index contributed by atoms with van der Waals surface area (Å²) >= 11 is 6.29. The highest BCUT2D eigenvalue weighted by atomic mass is 35.5. The Bertz CT molecular complexity index is 901. The molecule has 0 aliphatic heterocycles. The van der Waals surface area contributed by atoms with Crippen molar-refractivity contribution in [2.24, 2.45) is 0 Å². The topological polar surface area (TPSA) is 85.4 Å². The second kappa shape index (κ2) is 8.37. The number of allylic oxidation sites excluding steroid dienone is 1. The molecule has 0 unspecified atom stereocenters. The van der Waals surface area contributed by atoms with E-state index in [-0.39, 0.29) is 17.4 Å². The Hall–Kier alpha value is -3.04. The maximum absolute atomic E-state index is 10.9. The van der Waals surface area contributed by atoms with Crippen molar-refractivity contribution in [2.75, 3.05) is 7.11 Å². The molecule has 26 heavy (non-hydrogen) atoms. The Morgan fingerprint density at radius 3 is 2.65 bits per heavy atom. The number of rotatable bonds is 6. The SMILES string of the molecule is COc1cc(/C=C(/C#N)c2cccc([N+](=O)[O-])c2)cc(Cl)c1OC(C)C. The monoisotopic (exact) mass is 372 g/mol. The molecular weight excluding hydrogens is 356 g/mol. The van der Waals surface area contributed by atoms with Gasteiger partial charge in [-0.25, -0.2) is 0 Å². The third kappa shape index (κ3) is 4.52. The number of methoxy groups -OCH3 is 1. The van der Waals surface area contributed by atoms with Gasteiger partial charge in [0, 0.05) is 12.1 Å². The molecule has 2 rings (SSSR count). The number of nitro groups is 1. The molecule has 7 heteroatoms. The first-order valence-corrected chi connectivity index (χ1v) is 8.14. The van der Waals surface area contributed by atoms with E-state index in [1.807, 2.05) is 13.8 Å². The highest BCUT2D eigenvalue weighted by Gasteiger charge is 2.14. The van der Waals surface area contributed by atoms with Crippen molar-refractivity contribution in [3.63, 3.8) is 0 Å². The van der Waals surface area contributed by atoms with Crippen LogP contribution in [0.15, 0.2) is 36.4 Å². The first kappa shape index (κ1) is 19.3. The molecule has 0 saturated heterocycles. The van der Waals surface area contributed by atoms with Crippen LogP contribution in [-0.2, 0) is 0 Å². The first-order chi connectivity index (χ1) is 12.3. The van der Waals surface area contributed by atoms with Gasteiger partial charge in [-0.3, -0.25) is 10.1 Å². The zero-order valence-electron chi connectivity index (χ0n) is 14.5. The summed E-state index contributed by atoms with van der Waals surface area (Å²) in [6, 6.07) is 11.3. The quantitative estimate of drug-likeness (QED) is 0.304. The lowest BCUT2D eigenvalue weighted by atomic mass is 10.0. The van der Waals surface area contributed by atoms with Crippen molar-refractivity contribution in [3.8, 4) is 17.6 Å². The van der Waals surface area contributed by atoms with Gasteiger partial charge in [-0.15, -0.1) is 0 Å². The van der Waals surface area contributed by atoms with E-state index in [4.69, 9.17) is 21.1 Å². The molecule has 0 aliphatic carbocycles. The van der Waals surface area contributed by atoms with Gasteiger partial charge in [-0.2, -0.15) is 5.26 Å². The van der Waals surface area contributed by atoms with E-state index in [9.17, 15) is 15.4 Å². The van der Waals surface area contributed by atoms with E-state index in [1.165, 1.54) is 25.3 Å². The van der Waals surface area contributed by atoms with E-state index in [2.05, 4.69) is 6.07 Å². The molecule has 0 spiro atoms. The summed E-state index contributed by atoms with van der Waals surface area (Å²) in [4.78, 5) is 10.4. The Balaban J connectivity index is 2.50. The third-order valence-electron chi connectivity index (χ3n) is 3.40. The smallest absolute Gasteiger partial charge is 0.270 e. The van der Waals surface area contributed by atoms with Crippen molar-refractivity contribution >= 4 is 28.9 Å². The maximum Gasteiger partial charge on any atom is 0.270 e.